The molecule has 0 aliphatic heterocycles. The van der Waals surface area contributed by atoms with Crippen molar-refractivity contribution in [2.45, 2.75) is 63.8 Å². The van der Waals surface area contributed by atoms with Gasteiger partial charge in [-0.1, -0.05) is 63.3 Å². The van der Waals surface area contributed by atoms with Gasteiger partial charge in [-0.3, -0.25) is 9.59 Å². The Morgan fingerprint density at radius 3 is 2.47 bits per heavy atom. The number of carbonyl (C=O) groups excluding carboxylic acids is 2. The van der Waals surface area contributed by atoms with E-state index in [-0.39, 0.29) is 43.0 Å². The monoisotopic (exact) mass is 466 g/mol. The van der Waals surface area contributed by atoms with Crippen molar-refractivity contribution in [1.29, 1.82) is 0 Å². The third-order valence-corrected chi connectivity index (χ3v) is 9.36. The van der Waals surface area contributed by atoms with E-state index in [2.05, 4.69) is 13.8 Å². The summed E-state index contributed by atoms with van der Waals surface area (Å²) in [6.45, 7) is 7.37. The van der Waals surface area contributed by atoms with E-state index in [1.54, 1.807) is 13.0 Å². The maximum absolute atomic E-state index is 13.0. The van der Waals surface area contributed by atoms with E-state index in [4.69, 9.17) is 4.74 Å². The van der Waals surface area contributed by atoms with Gasteiger partial charge in [-0.25, -0.2) is 0 Å². The summed E-state index contributed by atoms with van der Waals surface area (Å²) in [5.41, 5.74) is -2.50. The van der Waals surface area contributed by atoms with Gasteiger partial charge in [0, 0.05) is 29.6 Å². The van der Waals surface area contributed by atoms with Crippen LogP contribution in [-0.2, 0) is 20.7 Å². The SMILES string of the molecule is CC1=C[C@H]2[C@@]3(O)[C@H](C)C[C@]4(OC(=O)Cc5ccccc5)C([C@@H]3C=C(CO)C[C@]2(O)C1=O)C4(C)C. The van der Waals surface area contributed by atoms with Gasteiger partial charge in [0.25, 0.3) is 0 Å². The van der Waals surface area contributed by atoms with Crippen LogP contribution in [0.5, 0.6) is 0 Å². The molecule has 1 unspecified atom stereocenters. The molecule has 5 rings (SSSR count). The number of ketones is 1. The number of Topliss-reactive ketones (excluding diaryl/α,β-unsaturated/α-hetero) is 1. The molecular formula is C28H34O6. The topological polar surface area (TPSA) is 104 Å². The van der Waals surface area contributed by atoms with Crippen LogP contribution in [0.4, 0.5) is 0 Å². The molecule has 0 spiro atoms. The fourth-order valence-corrected chi connectivity index (χ4v) is 7.60. The largest absolute Gasteiger partial charge is 0.458 e. The number of aliphatic hydroxyl groups is 3. The summed E-state index contributed by atoms with van der Waals surface area (Å²) in [6.07, 6.45) is 4.16. The van der Waals surface area contributed by atoms with Gasteiger partial charge < -0.3 is 20.1 Å². The first-order valence-corrected chi connectivity index (χ1v) is 12.2. The van der Waals surface area contributed by atoms with Crippen molar-refractivity contribution >= 4 is 11.8 Å². The predicted molar refractivity (Wildman–Crippen MR) is 125 cm³/mol. The van der Waals surface area contributed by atoms with Gasteiger partial charge >= 0.3 is 5.97 Å². The molecule has 0 radical (unpaired) electrons. The lowest BCUT2D eigenvalue weighted by molar-refractivity contribution is -0.186. The molecule has 4 aliphatic carbocycles. The van der Waals surface area contributed by atoms with Crippen molar-refractivity contribution in [2.75, 3.05) is 6.61 Å². The first-order chi connectivity index (χ1) is 15.9. The molecule has 7 atom stereocenters. The quantitative estimate of drug-likeness (QED) is 0.466. The lowest BCUT2D eigenvalue weighted by Crippen LogP contribution is -2.61. The highest BCUT2D eigenvalue weighted by atomic mass is 16.6. The van der Waals surface area contributed by atoms with E-state index in [9.17, 15) is 24.9 Å². The number of carbonyl (C=O) groups is 2. The normalized spacial score (nSPS) is 41.9. The maximum atomic E-state index is 13.0. The molecule has 0 saturated heterocycles. The van der Waals surface area contributed by atoms with Gasteiger partial charge in [0.1, 0.15) is 11.2 Å². The molecule has 0 aromatic heterocycles. The highest BCUT2D eigenvalue weighted by Crippen LogP contribution is 2.76. The Morgan fingerprint density at radius 1 is 1.15 bits per heavy atom. The fourth-order valence-electron chi connectivity index (χ4n) is 7.60. The van der Waals surface area contributed by atoms with E-state index < -0.39 is 34.1 Å². The van der Waals surface area contributed by atoms with Crippen LogP contribution in [0.3, 0.4) is 0 Å². The molecule has 182 valence electrons. The first-order valence-electron chi connectivity index (χ1n) is 12.2. The molecule has 1 aromatic carbocycles. The number of hydrogen-bond donors (Lipinski definition) is 3. The summed E-state index contributed by atoms with van der Waals surface area (Å²) in [7, 11) is 0. The first kappa shape index (κ1) is 23.5. The zero-order chi connectivity index (χ0) is 24.7. The van der Waals surface area contributed by atoms with Crippen LogP contribution in [0, 0.1) is 29.1 Å². The minimum Gasteiger partial charge on any atom is -0.458 e. The molecule has 4 aliphatic rings. The molecule has 2 fully saturated rings. The van der Waals surface area contributed by atoms with Crippen LogP contribution >= 0.6 is 0 Å². The number of ether oxygens (including phenoxy) is 1. The van der Waals surface area contributed by atoms with E-state index in [1.165, 1.54) is 0 Å². The maximum Gasteiger partial charge on any atom is 0.310 e. The number of benzene rings is 1. The average molecular weight is 467 g/mol. The van der Waals surface area contributed by atoms with Crippen LogP contribution in [-0.4, -0.2) is 50.5 Å². The summed E-state index contributed by atoms with van der Waals surface area (Å²) in [6, 6.07) is 9.47. The Labute approximate surface area is 200 Å². The van der Waals surface area contributed by atoms with E-state index in [0.29, 0.717) is 17.6 Å². The van der Waals surface area contributed by atoms with Crippen molar-refractivity contribution in [1.82, 2.24) is 0 Å². The van der Waals surface area contributed by atoms with Crippen LogP contribution in [0.25, 0.3) is 0 Å². The van der Waals surface area contributed by atoms with Crippen LogP contribution < -0.4 is 0 Å². The Hall–Kier alpha value is -2.28. The molecule has 34 heavy (non-hydrogen) atoms. The summed E-state index contributed by atoms with van der Waals surface area (Å²) in [5.74, 6) is -2.52. The lowest BCUT2D eigenvalue weighted by Gasteiger charge is -2.50. The van der Waals surface area contributed by atoms with Gasteiger partial charge in [0.2, 0.25) is 0 Å². The Bertz CT molecular complexity index is 1100. The summed E-state index contributed by atoms with van der Waals surface area (Å²) in [4.78, 5) is 26.0. The summed E-state index contributed by atoms with van der Waals surface area (Å²) in [5, 5.41) is 33.9. The number of esters is 1. The molecule has 6 nitrogen and oxygen atoms in total. The second kappa shape index (κ2) is 7.36. The highest BCUT2D eigenvalue weighted by molar-refractivity contribution is 6.04. The van der Waals surface area contributed by atoms with Crippen LogP contribution in [0.1, 0.15) is 46.1 Å². The summed E-state index contributed by atoms with van der Waals surface area (Å²) < 4.78 is 6.24. The molecular weight excluding hydrogens is 432 g/mol. The van der Waals surface area contributed by atoms with Gasteiger partial charge in [-0.2, -0.15) is 0 Å². The number of fused-ring (bicyclic) bond motifs is 5. The van der Waals surface area contributed by atoms with Crippen molar-refractivity contribution in [3.8, 4) is 0 Å². The average Bonchev–Trinajstić information content (AvgIpc) is 3.18. The van der Waals surface area contributed by atoms with Crippen molar-refractivity contribution in [2.24, 2.45) is 29.1 Å². The lowest BCUT2D eigenvalue weighted by atomic mass is 9.60. The zero-order valence-corrected chi connectivity index (χ0v) is 20.2. The Morgan fingerprint density at radius 2 is 1.82 bits per heavy atom. The third kappa shape index (κ3) is 2.91. The molecule has 2 saturated carbocycles. The minimum atomic E-state index is -1.78. The highest BCUT2D eigenvalue weighted by Gasteiger charge is 2.83. The van der Waals surface area contributed by atoms with E-state index in [1.807, 2.05) is 43.3 Å². The van der Waals surface area contributed by atoms with Crippen molar-refractivity contribution in [3.63, 3.8) is 0 Å². The molecule has 0 heterocycles. The fraction of sp³-hybridized carbons (Fsp3) is 0.571. The standard InChI is InChI=1S/C28H34O6/c1-16-10-21-26(32,24(16)31)14-19(15-29)11-20-23-25(3,4)27(23,13-17(2)28(20,21)33)34-22(30)12-18-8-6-5-7-9-18/h5-11,17,20-21,23,29,32-33H,12-15H2,1-4H3/t17-,20+,21-,23?,26-,27+,28-/m1/s1. The molecule has 1 aromatic rings. The smallest absolute Gasteiger partial charge is 0.310 e. The molecule has 6 heteroatoms. The van der Waals surface area contributed by atoms with Crippen LogP contribution in [0.2, 0.25) is 0 Å². The van der Waals surface area contributed by atoms with Crippen molar-refractivity contribution < 1.29 is 29.6 Å². The Balaban J connectivity index is 1.54. The zero-order valence-electron chi connectivity index (χ0n) is 20.2. The number of rotatable bonds is 4. The van der Waals surface area contributed by atoms with Crippen LogP contribution in [0.15, 0.2) is 53.6 Å². The Kier molecular flexibility index (Phi) is 5.08. The van der Waals surface area contributed by atoms with Gasteiger partial charge in [-0.05, 0) is 36.0 Å². The second-order valence-corrected chi connectivity index (χ2v) is 11.5. The van der Waals surface area contributed by atoms with Gasteiger partial charge in [-0.15, -0.1) is 0 Å². The minimum absolute atomic E-state index is 0.0136. The molecule has 0 bridgehead atoms. The molecule has 3 N–H and O–H groups in total. The summed E-state index contributed by atoms with van der Waals surface area (Å²) >= 11 is 0. The van der Waals surface area contributed by atoms with E-state index >= 15 is 0 Å². The number of aliphatic hydroxyl groups excluding tert-OH is 1. The molecule has 0 amide bonds. The third-order valence-electron chi connectivity index (χ3n) is 9.36. The van der Waals surface area contributed by atoms with Crippen molar-refractivity contribution in [3.05, 3.63) is 59.2 Å². The predicted octanol–water partition coefficient (Wildman–Crippen LogP) is 2.75. The van der Waals surface area contributed by atoms with Gasteiger partial charge in [0.15, 0.2) is 5.78 Å². The number of hydrogen-bond acceptors (Lipinski definition) is 6. The van der Waals surface area contributed by atoms with Gasteiger partial charge in [0.05, 0.1) is 18.6 Å². The second-order valence-electron chi connectivity index (χ2n) is 11.5. The van der Waals surface area contributed by atoms with E-state index in [0.717, 1.165) is 5.56 Å².